The summed E-state index contributed by atoms with van der Waals surface area (Å²) in [4.78, 5) is 4.14. The van der Waals surface area contributed by atoms with Gasteiger partial charge in [-0.15, -0.1) is 0 Å². The van der Waals surface area contributed by atoms with Gasteiger partial charge in [0, 0.05) is 17.3 Å². The van der Waals surface area contributed by atoms with Crippen LogP contribution in [0.15, 0.2) is 30.7 Å². The third-order valence-electron chi connectivity index (χ3n) is 4.15. The summed E-state index contributed by atoms with van der Waals surface area (Å²) in [6.07, 6.45) is 5.22. The van der Waals surface area contributed by atoms with Gasteiger partial charge >= 0.3 is 0 Å². The molecule has 0 unspecified atom stereocenters. The molecule has 0 aliphatic carbocycles. The van der Waals surface area contributed by atoms with Gasteiger partial charge in [0.25, 0.3) is 0 Å². The smallest absolute Gasteiger partial charge is 0.182 e. The number of aromatic nitrogens is 2. The van der Waals surface area contributed by atoms with Crippen molar-refractivity contribution in [3.8, 4) is 5.69 Å². The molecule has 2 heterocycles. The van der Waals surface area contributed by atoms with Crippen molar-refractivity contribution in [2.24, 2.45) is 0 Å². The van der Waals surface area contributed by atoms with Gasteiger partial charge < -0.3 is 5.32 Å². The molecule has 1 saturated heterocycles. The van der Waals surface area contributed by atoms with E-state index in [1.165, 1.54) is 6.07 Å². The quantitative estimate of drug-likeness (QED) is 0.914. The Morgan fingerprint density at radius 3 is 2.75 bits per heavy atom. The molecule has 1 aromatic heterocycles. The van der Waals surface area contributed by atoms with E-state index in [9.17, 15) is 8.78 Å². The summed E-state index contributed by atoms with van der Waals surface area (Å²) < 4.78 is 29.1. The Hall–Kier alpha value is -1.75. The Kier molecular flexibility index (Phi) is 3.30. The Morgan fingerprint density at radius 2 is 2.00 bits per heavy atom. The van der Waals surface area contributed by atoms with E-state index < -0.39 is 11.6 Å². The molecule has 1 N–H and O–H groups in total. The fourth-order valence-electron chi connectivity index (χ4n) is 2.85. The monoisotopic (exact) mass is 277 g/mol. The molecule has 3 rings (SSSR count). The number of hydrogen-bond donors (Lipinski definition) is 1. The highest BCUT2D eigenvalue weighted by Crippen LogP contribution is 2.34. The molecule has 106 valence electrons. The van der Waals surface area contributed by atoms with Gasteiger partial charge in [0.2, 0.25) is 0 Å². The number of benzene rings is 1. The molecule has 2 aromatic rings. The number of piperidine rings is 1. The van der Waals surface area contributed by atoms with Gasteiger partial charge in [0.15, 0.2) is 11.6 Å². The minimum Gasteiger partial charge on any atom is -0.317 e. The summed E-state index contributed by atoms with van der Waals surface area (Å²) in [7, 11) is 0. The lowest BCUT2D eigenvalue weighted by atomic mass is 9.78. The van der Waals surface area contributed by atoms with Crippen LogP contribution in [0.5, 0.6) is 0 Å². The predicted molar refractivity (Wildman–Crippen MR) is 72.9 cm³/mol. The second-order valence-electron chi connectivity index (χ2n) is 5.53. The van der Waals surface area contributed by atoms with E-state index in [1.54, 1.807) is 23.2 Å². The topological polar surface area (TPSA) is 29.9 Å². The zero-order valence-electron chi connectivity index (χ0n) is 11.4. The van der Waals surface area contributed by atoms with Crippen LogP contribution < -0.4 is 5.32 Å². The van der Waals surface area contributed by atoms with Gasteiger partial charge in [0.1, 0.15) is 0 Å². The molecule has 1 aliphatic heterocycles. The zero-order chi connectivity index (χ0) is 14.2. The molecule has 0 spiro atoms. The summed E-state index contributed by atoms with van der Waals surface area (Å²) in [6, 6.07) is 4.22. The van der Waals surface area contributed by atoms with E-state index in [0.29, 0.717) is 0 Å². The molecule has 1 aromatic carbocycles. The highest BCUT2D eigenvalue weighted by molar-refractivity contribution is 5.37. The minimum absolute atomic E-state index is 0.0689. The number of nitrogens with one attached hydrogen (secondary N) is 1. The maximum atomic E-state index is 14.0. The van der Waals surface area contributed by atoms with Crippen LogP contribution in [0.1, 0.15) is 25.5 Å². The Morgan fingerprint density at radius 1 is 1.25 bits per heavy atom. The highest BCUT2D eigenvalue weighted by Gasteiger charge is 2.32. The summed E-state index contributed by atoms with van der Waals surface area (Å²) >= 11 is 0. The number of halogens is 2. The largest absolute Gasteiger partial charge is 0.317 e. The fourth-order valence-corrected chi connectivity index (χ4v) is 2.85. The van der Waals surface area contributed by atoms with E-state index in [1.807, 2.05) is 0 Å². The maximum absolute atomic E-state index is 14.0. The van der Waals surface area contributed by atoms with Crippen molar-refractivity contribution in [2.75, 3.05) is 13.1 Å². The van der Waals surface area contributed by atoms with Crippen LogP contribution in [0.2, 0.25) is 0 Å². The minimum atomic E-state index is -0.836. The third-order valence-corrected chi connectivity index (χ3v) is 4.15. The second-order valence-corrected chi connectivity index (χ2v) is 5.53. The number of rotatable bonds is 2. The molecule has 0 radical (unpaired) electrons. The highest BCUT2D eigenvalue weighted by atomic mass is 19.2. The van der Waals surface area contributed by atoms with Crippen LogP contribution in [0.25, 0.3) is 5.69 Å². The van der Waals surface area contributed by atoms with Crippen LogP contribution in [0.4, 0.5) is 8.78 Å². The lowest BCUT2D eigenvalue weighted by Gasteiger charge is -2.34. The van der Waals surface area contributed by atoms with E-state index in [0.717, 1.165) is 37.7 Å². The summed E-state index contributed by atoms with van der Waals surface area (Å²) in [6.45, 7) is 4.00. The Labute approximate surface area is 116 Å². The van der Waals surface area contributed by atoms with Gasteiger partial charge in [-0.1, -0.05) is 13.0 Å². The lowest BCUT2D eigenvalue weighted by Crippen LogP contribution is -2.38. The van der Waals surface area contributed by atoms with Crippen molar-refractivity contribution in [3.63, 3.8) is 0 Å². The van der Waals surface area contributed by atoms with Gasteiger partial charge in [-0.2, -0.15) is 0 Å². The molecular weight excluding hydrogens is 260 g/mol. The van der Waals surface area contributed by atoms with E-state index in [-0.39, 0.29) is 11.1 Å². The first-order valence-electron chi connectivity index (χ1n) is 6.80. The first-order valence-corrected chi connectivity index (χ1v) is 6.80. The molecule has 1 aliphatic rings. The standard InChI is InChI=1S/C15H17F2N3/c1-15(5-7-18-8-6-15)13-9-19-10-20(13)12-4-2-3-11(16)14(12)17/h2-4,9-10,18H,5-8H2,1H3. The molecule has 5 heteroatoms. The summed E-state index contributed by atoms with van der Waals surface area (Å²) in [5.74, 6) is -1.66. The lowest BCUT2D eigenvalue weighted by molar-refractivity contribution is 0.323. The maximum Gasteiger partial charge on any atom is 0.182 e. The van der Waals surface area contributed by atoms with Crippen molar-refractivity contribution in [1.29, 1.82) is 0 Å². The molecule has 0 amide bonds. The predicted octanol–water partition coefficient (Wildman–Crippen LogP) is 2.79. The third kappa shape index (κ3) is 2.12. The van der Waals surface area contributed by atoms with Gasteiger partial charge in [-0.3, -0.25) is 4.57 Å². The van der Waals surface area contributed by atoms with Crippen LogP contribution in [0, 0.1) is 11.6 Å². The molecule has 3 nitrogen and oxygen atoms in total. The second kappa shape index (κ2) is 4.98. The van der Waals surface area contributed by atoms with Crippen molar-refractivity contribution < 1.29 is 8.78 Å². The number of nitrogens with zero attached hydrogens (tertiary/aromatic N) is 2. The average molecular weight is 277 g/mol. The van der Waals surface area contributed by atoms with Crippen LogP contribution in [-0.2, 0) is 5.41 Å². The Bertz CT molecular complexity index is 615. The molecular formula is C15H17F2N3. The molecule has 0 atom stereocenters. The Balaban J connectivity index is 2.08. The van der Waals surface area contributed by atoms with Gasteiger partial charge in [-0.25, -0.2) is 13.8 Å². The normalized spacial score (nSPS) is 18.1. The van der Waals surface area contributed by atoms with Crippen molar-refractivity contribution in [2.45, 2.75) is 25.2 Å². The molecule has 20 heavy (non-hydrogen) atoms. The van der Waals surface area contributed by atoms with E-state index in [4.69, 9.17) is 0 Å². The van der Waals surface area contributed by atoms with Crippen molar-refractivity contribution in [1.82, 2.24) is 14.9 Å². The zero-order valence-corrected chi connectivity index (χ0v) is 11.4. The first-order chi connectivity index (χ1) is 9.62. The molecule has 0 saturated carbocycles. The van der Waals surface area contributed by atoms with Crippen LogP contribution in [0.3, 0.4) is 0 Å². The average Bonchev–Trinajstić information content (AvgIpc) is 2.93. The van der Waals surface area contributed by atoms with Gasteiger partial charge in [-0.05, 0) is 38.1 Å². The van der Waals surface area contributed by atoms with Crippen LogP contribution >= 0.6 is 0 Å². The number of imidazole rings is 1. The van der Waals surface area contributed by atoms with Crippen molar-refractivity contribution >= 4 is 0 Å². The first kappa shape index (κ1) is 13.2. The molecule has 1 fully saturated rings. The van der Waals surface area contributed by atoms with Crippen molar-refractivity contribution in [3.05, 3.63) is 48.1 Å². The number of hydrogen-bond acceptors (Lipinski definition) is 2. The van der Waals surface area contributed by atoms with Crippen LogP contribution in [-0.4, -0.2) is 22.6 Å². The van der Waals surface area contributed by atoms with E-state index >= 15 is 0 Å². The van der Waals surface area contributed by atoms with Gasteiger partial charge in [0.05, 0.1) is 12.0 Å². The fraction of sp³-hybridized carbons (Fsp3) is 0.400. The summed E-state index contributed by atoms with van der Waals surface area (Å²) in [5, 5.41) is 3.32. The SMILES string of the molecule is CC1(c2cncn2-c2cccc(F)c2F)CCNCC1. The van der Waals surface area contributed by atoms with E-state index in [2.05, 4.69) is 17.2 Å². The molecule has 0 bridgehead atoms. The summed E-state index contributed by atoms with van der Waals surface area (Å²) in [5.41, 5.74) is 1.08.